The van der Waals surface area contributed by atoms with Crippen molar-refractivity contribution in [3.8, 4) is 0 Å². The molecule has 0 saturated carbocycles. The molecule has 132 valence electrons. The predicted octanol–water partition coefficient (Wildman–Crippen LogP) is 0.640. The quantitative estimate of drug-likeness (QED) is 0.465. The lowest BCUT2D eigenvalue weighted by Crippen LogP contribution is -2.41. The van der Waals surface area contributed by atoms with Crippen LogP contribution in [-0.4, -0.2) is 29.6 Å². The van der Waals surface area contributed by atoms with E-state index in [0.717, 1.165) is 10.9 Å². The smallest absolute Gasteiger partial charge is 0.336 e. The first-order valence-corrected chi connectivity index (χ1v) is 6.76. The van der Waals surface area contributed by atoms with Gasteiger partial charge in [0.15, 0.2) is 0 Å². The molecule has 0 fully saturated rings. The summed E-state index contributed by atoms with van der Waals surface area (Å²) < 4.78 is 4.99. The van der Waals surface area contributed by atoms with Gasteiger partial charge in [-0.3, -0.25) is 9.59 Å². The molecule has 0 aliphatic rings. The van der Waals surface area contributed by atoms with Gasteiger partial charge < -0.3 is 26.3 Å². The summed E-state index contributed by atoms with van der Waals surface area (Å²) >= 11 is 0. The van der Waals surface area contributed by atoms with E-state index < -0.39 is 17.9 Å². The summed E-state index contributed by atoms with van der Waals surface area (Å²) in [6.45, 7) is 3.06. The summed E-state index contributed by atoms with van der Waals surface area (Å²) in [5.41, 5.74) is 12.2. The molecule has 0 saturated heterocycles. The molecule has 0 unspecified atom stereocenters. The molecule has 6 N–H and O–H groups in total. The number of rotatable bonds is 3. The molecule has 2 aromatic rings. The zero-order chi connectivity index (χ0) is 17.6. The number of carboxylic acids is 1. The van der Waals surface area contributed by atoms with E-state index in [9.17, 15) is 14.4 Å². The number of hydrogen-bond acceptors (Lipinski definition) is 6. The van der Waals surface area contributed by atoms with E-state index >= 15 is 0 Å². The third-order valence-corrected chi connectivity index (χ3v) is 2.91. The standard InChI is InChI=1S/C10H9NO2.C5H10N2O3.ClH/c1-6-4-10(12)13-9-5-7(11)2-3-8(6)9;1-3(5(9)10)7-4(8)2-6;/h2-5H,11H2,1H3;3H,2,6H2,1H3,(H,7,8)(H,9,10);1H/t;3-;/m.0./s1. The Hall–Kier alpha value is -2.58. The van der Waals surface area contributed by atoms with Gasteiger partial charge >= 0.3 is 11.6 Å². The van der Waals surface area contributed by atoms with Gasteiger partial charge in [-0.15, -0.1) is 12.4 Å². The van der Waals surface area contributed by atoms with Crippen molar-refractivity contribution in [2.75, 3.05) is 12.3 Å². The number of amides is 1. The van der Waals surface area contributed by atoms with E-state index in [2.05, 4.69) is 5.32 Å². The van der Waals surface area contributed by atoms with Gasteiger partial charge in [0, 0.05) is 23.2 Å². The van der Waals surface area contributed by atoms with Gasteiger partial charge in [-0.05, 0) is 31.5 Å². The third-order valence-electron chi connectivity index (χ3n) is 2.91. The number of hydrogen-bond donors (Lipinski definition) is 4. The largest absolute Gasteiger partial charge is 0.480 e. The molecule has 2 rings (SSSR count). The van der Waals surface area contributed by atoms with Crippen LogP contribution in [0.4, 0.5) is 5.69 Å². The minimum Gasteiger partial charge on any atom is -0.480 e. The van der Waals surface area contributed by atoms with Crippen molar-refractivity contribution < 1.29 is 19.1 Å². The lowest BCUT2D eigenvalue weighted by atomic mass is 10.1. The summed E-state index contributed by atoms with van der Waals surface area (Å²) in [5.74, 6) is -1.53. The fourth-order valence-electron chi connectivity index (χ4n) is 1.70. The Morgan fingerprint density at radius 1 is 1.33 bits per heavy atom. The summed E-state index contributed by atoms with van der Waals surface area (Å²) in [7, 11) is 0. The van der Waals surface area contributed by atoms with Crippen LogP contribution in [0.2, 0.25) is 0 Å². The van der Waals surface area contributed by atoms with Crippen LogP contribution in [0.25, 0.3) is 11.0 Å². The van der Waals surface area contributed by atoms with Crippen LogP contribution in [0, 0.1) is 6.92 Å². The molecule has 8 nitrogen and oxygen atoms in total. The highest BCUT2D eigenvalue weighted by molar-refractivity contribution is 5.85. The Morgan fingerprint density at radius 3 is 2.50 bits per heavy atom. The number of aryl methyl sites for hydroxylation is 1. The Kier molecular flexibility index (Phi) is 8.51. The number of fused-ring (bicyclic) bond motifs is 1. The summed E-state index contributed by atoms with van der Waals surface area (Å²) in [5, 5.41) is 11.4. The van der Waals surface area contributed by atoms with Crippen LogP contribution in [0.1, 0.15) is 12.5 Å². The molecule has 0 radical (unpaired) electrons. The van der Waals surface area contributed by atoms with E-state index in [0.29, 0.717) is 11.3 Å². The number of carbonyl (C=O) groups excluding carboxylic acids is 1. The maximum Gasteiger partial charge on any atom is 0.336 e. The monoisotopic (exact) mass is 357 g/mol. The Morgan fingerprint density at radius 2 is 1.96 bits per heavy atom. The SMILES string of the molecule is C[C@H](NC(=O)CN)C(=O)O.Cc1cc(=O)oc2cc(N)ccc12.Cl. The maximum absolute atomic E-state index is 11.0. The number of nitrogens with two attached hydrogens (primary N) is 2. The molecule has 24 heavy (non-hydrogen) atoms. The Labute approximate surface area is 144 Å². The third kappa shape index (κ3) is 6.27. The van der Waals surface area contributed by atoms with Crippen LogP contribution in [0.5, 0.6) is 0 Å². The average Bonchev–Trinajstić information content (AvgIpc) is 2.46. The summed E-state index contributed by atoms with van der Waals surface area (Å²) in [6, 6.07) is 5.90. The first-order chi connectivity index (χ1) is 10.7. The number of halogens is 1. The fraction of sp³-hybridized carbons (Fsp3) is 0.267. The van der Waals surface area contributed by atoms with Crippen molar-refractivity contribution in [1.29, 1.82) is 0 Å². The highest BCUT2D eigenvalue weighted by atomic mass is 35.5. The summed E-state index contributed by atoms with van der Waals surface area (Å²) in [4.78, 5) is 31.5. The molecule has 0 aliphatic heterocycles. The van der Waals surface area contributed by atoms with E-state index in [4.69, 9.17) is 21.0 Å². The van der Waals surface area contributed by atoms with Gasteiger partial charge in [0.2, 0.25) is 5.91 Å². The van der Waals surface area contributed by atoms with Gasteiger partial charge in [-0.1, -0.05) is 0 Å². The molecule has 1 aromatic heterocycles. The van der Waals surface area contributed by atoms with Crippen molar-refractivity contribution in [3.63, 3.8) is 0 Å². The zero-order valence-electron chi connectivity index (χ0n) is 13.2. The predicted molar refractivity (Wildman–Crippen MR) is 93.2 cm³/mol. The lowest BCUT2D eigenvalue weighted by Gasteiger charge is -2.06. The molecule has 1 atom stereocenters. The zero-order valence-corrected chi connectivity index (χ0v) is 14.1. The average molecular weight is 358 g/mol. The number of nitrogen functional groups attached to an aromatic ring is 1. The first-order valence-electron chi connectivity index (χ1n) is 6.76. The molecule has 1 aromatic carbocycles. The van der Waals surface area contributed by atoms with Gasteiger partial charge in [0.25, 0.3) is 0 Å². The van der Waals surface area contributed by atoms with Crippen LogP contribution < -0.4 is 22.4 Å². The highest BCUT2D eigenvalue weighted by Gasteiger charge is 2.11. The van der Waals surface area contributed by atoms with Crippen molar-refractivity contribution in [3.05, 3.63) is 40.2 Å². The van der Waals surface area contributed by atoms with E-state index in [-0.39, 0.29) is 24.6 Å². The normalized spacial score (nSPS) is 10.8. The molecule has 0 spiro atoms. The minimum absolute atomic E-state index is 0. The molecule has 9 heteroatoms. The van der Waals surface area contributed by atoms with Crippen molar-refractivity contribution in [2.24, 2.45) is 5.73 Å². The number of benzene rings is 1. The molecule has 0 aliphatic carbocycles. The second-order valence-corrected chi connectivity index (χ2v) is 4.84. The summed E-state index contributed by atoms with van der Waals surface area (Å²) in [6.07, 6.45) is 0. The highest BCUT2D eigenvalue weighted by Crippen LogP contribution is 2.18. The van der Waals surface area contributed by atoms with Gasteiger partial charge in [0.1, 0.15) is 11.6 Å². The second kappa shape index (κ2) is 9.53. The number of nitrogens with one attached hydrogen (secondary N) is 1. The van der Waals surface area contributed by atoms with E-state index in [1.54, 1.807) is 12.1 Å². The van der Waals surface area contributed by atoms with Crippen LogP contribution in [0.3, 0.4) is 0 Å². The number of carboxylic acid groups (broad SMARTS) is 1. The fourth-order valence-corrected chi connectivity index (χ4v) is 1.70. The number of aliphatic carboxylic acids is 1. The Balaban J connectivity index is 0.000000441. The van der Waals surface area contributed by atoms with Gasteiger partial charge in [-0.25, -0.2) is 4.79 Å². The van der Waals surface area contributed by atoms with Gasteiger partial charge in [-0.2, -0.15) is 0 Å². The number of carbonyl (C=O) groups is 2. The topological polar surface area (TPSA) is 149 Å². The Bertz CT molecular complexity index is 775. The van der Waals surface area contributed by atoms with Gasteiger partial charge in [0.05, 0.1) is 6.54 Å². The molecular weight excluding hydrogens is 338 g/mol. The maximum atomic E-state index is 11.0. The lowest BCUT2D eigenvalue weighted by molar-refractivity contribution is -0.141. The second-order valence-electron chi connectivity index (χ2n) is 4.84. The van der Waals surface area contributed by atoms with Crippen molar-refractivity contribution >= 4 is 40.9 Å². The van der Waals surface area contributed by atoms with Crippen molar-refractivity contribution in [2.45, 2.75) is 19.9 Å². The van der Waals surface area contributed by atoms with Crippen molar-refractivity contribution in [1.82, 2.24) is 5.32 Å². The molecule has 1 heterocycles. The van der Waals surface area contributed by atoms with Crippen LogP contribution >= 0.6 is 12.4 Å². The van der Waals surface area contributed by atoms with Crippen LogP contribution in [0.15, 0.2) is 33.5 Å². The minimum atomic E-state index is -1.07. The molecule has 0 bridgehead atoms. The molecule has 1 amide bonds. The number of anilines is 1. The van der Waals surface area contributed by atoms with Crippen LogP contribution in [-0.2, 0) is 9.59 Å². The first kappa shape index (κ1) is 21.4. The van der Waals surface area contributed by atoms with E-state index in [1.807, 2.05) is 13.0 Å². The molecular formula is C15H20ClN3O5. The van der Waals surface area contributed by atoms with E-state index in [1.165, 1.54) is 13.0 Å².